The fourth-order valence-electron chi connectivity index (χ4n) is 2.98. The monoisotopic (exact) mass is 379 g/mol. The molecule has 122 valence electrons. The zero-order valence-electron chi connectivity index (χ0n) is 13.1. The SMILES string of the molecule is CCC1(C)NC(=O)N(CC(=O)N2CCc3cc(Br)ccc32)C1=O. The second kappa shape index (κ2) is 5.63. The summed E-state index contributed by atoms with van der Waals surface area (Å²) in [5.41, 5.74) is 1.03. The number of hydrogen-bond donors (Lipinski definition) is 1. The van der Waals surface area contributed by atoms with E-state index < -0.39 is 11.6 Å². The number of rotatable bonds is 3. The van der Waals surface area contributed by atoms with Gasteiger partial charge in [-0.15, -0.1) is 0 Å². The predicted molar refractivity (Wildman–Crippen MR) is 89.1 cm³/mol. The quantitative estimate of drug-likeness (QED) is 0.817. The number of halogens is 1. The van der Waals surface area contributed by atoms with E-state index in [0.29, 0.717) is 13.0 Å². The van der Waals surface area contributed by atoms with Crippen molar-refractivity contribution in [2.45, 2.75) is 32.2 Å². The fraction of sp³-hybridized carbons (Fsp3) is 0.438. The molecule has 3 rings (SSSR count). The highest BCUT2D eigenvalue weighted by Gasteiger charge is 2.47. The number of urea groups is 1. The van der Waals surface area contributed by atoms with E-state index >= 15 is 0 Å². The van der Waals surface area contributed by atoms with Gasteiger partial charge in [-0.2, -0.15) is 0 Å². The van der Waals surface area contributed by atoms with Crippen molar-refractivity contribution < 1.29 is 14.4 Å². The van der Waals surface area contributed by atoms with E-state index in [2.05, 4.69) is 21.2 Å². The normalized spacial score (nSPS) is 23.3. The second-order valence-electron chi connectivity index (χ2n) is 6.08. The number of hydrogen-bond acceptors (Lipinski definition) is 3. The van der Waals surface area contributed by atoms with Crippen molar-refractivity contribution in [3.63, 3.8) is 0 Å². The molecule has 1 unspecified atom stereocenters. The first kappa shape index (κ1) is 16.0. The van der Waals surface area contributed by atoms with Crippen LogP contribution in [0.1, 0.15) is 25.8 Å². The highest BCUT2D eigenvalue weighted by molar-refractivity contribution is 9.10. The van der Waals surface area contributed by atoms with E-state index in [1.54, 1.807) is 11.8 Å². The number of anilines is 1. The van der Waals surface area contributed by atoms with Crippen LogP contribution in [0, 0.1) is 0 Å². The van der Waals surface area contributed by atoms with Crippen LogP contribution in [0.15, 0.2) is 22.7 Å². The van der Waals surface area contributed by atoms with E-state index in [9.17, 15) is 14.4 Å². The molecule has 1 aromatic carbocycles. The molecule has 1 atom stereocenters. The van der Waals surface area contributed by atoms with Crippen molar-refractivity contribution in [1.29, 1.82) is 0 Å². The maximum atomic E-state index is 12.6. The first-order valence-electron chi connectivity index (χ1n) is 7.58. The van der Waals surface area contributed by atoms with Gasteiger partial charge in [-0.25, -0.2) is 4.79 Å². The number of nitrogens with zero attached hydrogens (tertiary/aromatic N) is 2. The highest BCUT2D eigenvalue weighted by atomic mass is 79.9. The van der Waals surface area contributed by atoms with Gasteiger partial charge in [0.2, 0.25) is 5.91 Å². The summed E-state index contributed by atoms with van der Waals surface area (Å²) in [5, 5.41) is 2.66. The Bertz CT molecular complexity index is 706. The minimum Gasteiger partial charge on any atom is -0.323 e. The van der Waals surface area contributed by atoms with Crippen LogP contribution in [0.25, 0.3) is 0 Å². The molecule has 0 aliphatic carbocycles. The summed E-state index contributed by atoms with van der Waals surface area (Å²) in [5.74, 6) is -0.580. The minimum atomic E-state index is -0.912. The molecule has 2 heterocycles. The van der Waals surface area contributed by atoms with Crippen LogP contribution in [0.5, 0.6) is 0 Å². The lowest BCUT2D eigenvalue weighted by Crippen LogP contribution is -2.45. The first-order chi connectivity index (χ1) is 10.9. The number of fused-ring (bicyclic) bond motifs is 1. The van der Waals surface area contributed by atoms with Crippen LogP contribution in [0.2, 0.25) is 0 Å². The van der Waals surface area contributed by atoms with Gasteiger partial charge >= 0.3 is 6.03 Å². The van der Waals surface area contributed by atoms with Gasteiger partial charge in [0.1, 0.15) is 12.1 Å². The molecule has 0 saturated carbocycles. The van der Waals surface area contributed by atoms with Crippen molar-refractivity contribution >= 4 is 39.5 Å². The maximum absolute atomic E-state index is 12.6. The summed E-state index contributed by atoms with van der Waals surface area (Å²) < 4.78 is 0.971. The van der Waals surface area contributed by atoms with Gasteiger partial charge in [-0.1, -0.05) is 22.9 Å². The lowest BCUT2D eigenvalue weighted by Gasteiger charge is -2.22. The summed E-state index contributed by atoms with van der Waals surface area (Å²) in [6.07, 6.45) is 1.26. The van der Waals surface area contributed by atoms with Gasteiger partial charge in [0, 0.05) is 16.7 Å². The summed E-state index contributed by atoms with van der Waals surface area (Å²) in [6.45, 7) is 3.85. The number of amides is 4. The molecule has 6 nitrogen and oxygen atoms in total. The van der Waals surface area contributed by atoms with E-state index in [-0.39, 0.29) is 18.4 Å². The molecule has 0 aromatic heterocycles. The van der Waals surface area contributed by atoms with E-state index in [1.807, 2.05) is 25.1 Å². The molecule has 1 aromatic rings. The van der Waals surface area contributed by atoms with Crippen LogP contribution >= 0.6 is 15.9 Å². The summed E-state index contributed by atoms with van der Waals surface area (Å²) in [4.78, 5) is 39.6. The number of carbonyl (C=O) groups excluding carboxylic acids is 3. The van der Waals surface area contributed by atoms with Gasteiger partial charge in [-0.05, 0) is 43.5 Å². The molecule has 23 heavy (non-hydrogen) atoms. The van der Waals surface area contributed by atoms with Crippen LogP contribution in [-0.2, 0) is 16.0 Å². The molecule has 2 aliphatic heterocycles. The maximum Gasteiger partial charge on any atom is 0.325 e. The van der Waals surface area contributed by atoms with Crippen LogP contribution in [-0.4, -0.2) is 41.4 Å². The third kappa shape index (κ3) is 2.63. The van der Waals surface area contributed by atoms with Gasteiger partial charge in [0.25, 0.3) is 5.91 Å². The number of imide groups is 1. The Labute approximate surface area is 142 Å². The van der Waals surface area contributed by atoms with Crippen molar-refractivity contribution in [3.05, 3.63) is 28.2 Å². The summed E-state index contributed by atoms with van der Waals surface area (Å²) >= 11 is 3.42. The van der Waals surface area contributed by atoms with Gasteiger partial charge in [0.15, 0.2) is 0 Å². The fourth-order valence-corrected chi connectivity index (χ4v) is 3.39. The van der Waals surface area contributed by atoms with Crippen molar-refractivity contribution in [1.82, 2.24) is 10.2 Å². The molecule has 0 radical (unpaired) electrons. The molecule has 4 amide bonds. The van der Waals surface area contributed by atoms with Gasteiger partial charge < -0.3 is 10.2 Å². The van der Waals surface area contributed by atoms with E-state index in [0.717, 1.165) is 27.0 Å². The molecule has 1 N–H and O–H groups in total. The van der Waals surface area contributed by atoms with Crippen LogP contribution in [0.4, 0.5) is 10.5 Å². The Morgan fingerprint density at radius 2 is 2.13 bits per heavy atom. The Balaban J connectivity index is 1.77. The average Bonchev–Trinajstić information content (AvgIpc) is 3.02. The Kier molecular flexibility index (Phi) is 3.91. The molecule has 7 heteroatoms. The third-order valence-corrected chi connectivity index (χ3v) is 5.08. The minimum absolute atomic E-state index is 0.226. The molecule has 2 aliphatic rings. The van der Waals surface area contributed by atoms with E-state index in [1.165, 1.54) is 0 Å². The molecule has 0 spiro atoms. The van der Waals surface area contributed by atoms with Crippen molar-refractivity contribution in [2.75, 3.05) is 18.0 Å². The highest BCUT2D eigenvalue weighted by Crippen LogP contribution is 2.31. The molecule has 1 saturated heterocycles. The predicted octanol–water partition coefficient (Wildman–Crippen LogP) is 2.06. The molecule has 0 bridgehead atoms. The Hall–Kier alpha value is -1.89. The molecular formula is C16H18BrN3O3. The standard InChI is InChI=1S/C16H18BrN3O3/c1-3-16(2)14(22)20(15(23)18-16)9-13(21)19-7-6-10-8-11(17)4-5-12(10)19/h4-5,8H,3,6-7,9H2,1-2H3,(H,18,23). The van der Waals surface area contributed by atoms with Crippen LogP contribution in [0.3, 0.4) is 0 Å². The van der Waals surface area contributed by atoms with Gasteiger partial charge in [-0.3, -0.25) is 14.5 Å². The topological polar surface area (TPSA) is 69.7 Å². The smallest absolute Gasteiger partial charge is 0.323 e. The van der Waals surface area contributed by atoms with Gasteiger partial charge in [0.05, 0.1) is 0 Å². The zero-order chi connectivity index (χ0) is 16.8. The van der Waals surface area contributed by atoms with E-state index in [4.69, 9.17) is 0 Å². The molecular weight excluding hydrogens is 362 g/mol. The lowest BCUT2D eigenvalue weighted by atomic mass is 9.99. The number of carbonyl (C=O) groups is 3. The largest absolute Gasteiger partial charge is 0.325 e. The third-order valence-electron chi connectivity index (χ3n) is 4.58. The average molecular weight is 380 g/mol. The lowest BCUT2D eigenvalue weighted by molar-refractivity contribution is -0.134. The number of nitrogens with one attached hydrogen (secondary N) is 1. The first-order valence-corrected chi connectivity index (χ1v) is 8.38. The Morgan fingerprint density at radius 3 is 2.78 bits per heavy atom. The second-order valence-corrected chi connectivity index (χ2v) is 6.99. The Morgan fingerprint density at radius 1 is 1.39 bits per heavy atom. The van der Waals surface area contributed by atoms with Crippen LogP contribution < -0.4 is 10.2 Å². The summed E-state index contributed by atoms with van der Waals surface area (Å²) in [7, 11) is 0. The zero-order valence-corrected chi connectivity index (χ0v) is 14.6. The van der Waals surface area contributed by atoms with Crippen molar-refractivity contribution in [3.8, 4) is 0 Å². The van der Waals surface area contributed by atoms with Crippen molar-refractivity contribution in [2.24, 2.45) is 0 Å². The molecule has 1 fully saturated rings. The number of benzene rings is 1. The summed E-state index contributed by atoms with van der Waals surface area (Å²) in [6, 6.07) is 5.26.